The van der Waals surface area contributed by atoms with Gasteiger partial charge >= 0.3 is 0 Å². The van der Waals surface area contributed by atoms with Crippen LogP contribution in [0.3, 0.4) is 0 Å². The molecule has 1 unspecified atom stereocenters. The van der Waals surface area contributed by atoms with Crippen LogP contribution in [0, 0.1) is 23.1 Å². The van der Waals surface area contributed by atoms with Gasteiger partial charge in [-0.25, -0.2) is 4.39 Å². The molecule has 1 N–H and O–H groups in total. The number of nitrogens with zero attached hydrogens (tertiary/aromatic N) is 2. The van der Waals surface area contributed by atoms with Gasteiger partial charge in [-0.3, -0.25) is 0 Å². The zero-order valence-electron chi connectivity index (χ0n) is 11.5. The van der Waals surface area contributed by atoms with Crippen molar-refractivity contribution < 1.29 is 4.39 Å². The molecule has 19 heavy (non-hydrogen) atoms. The normalized spacial score (nSPS) is 19.6. The van der Waals surface area contributed by atoms with Crippen LogP contribution in [0.1, 0.15) is 25.8 Å². The van der Waals surface area contributed by atoms with Gasteiger partial charge in [0.1, 0.15) is 11.9 Å². The largest absolute Gasteiger partial charge is 0.384 e. The molecule has 2 rings (SSSR count). The van der Waals surface area contributed by atoms with Crippen molar-refractivity contribution in [3.8, 4) is 6.07 Å². The van der Waals surface area contributed by atoms with Crippen molar-refractivity contribution in [2.75, 3.05) is 25.0 Å². The van der Waals surface area contributed by atoms with Gasteiger partial charge in [0, 0.05) is 19.1 Å². The van der Waals surface area contributed by atoms with Crippen LogP contribution in [-0.4, -0.2) is 30.6 Å². The number of hydrogen-bond donors (Lipinski definition) is 1. The third-order valence-corrected chi connectivity index (χ3v) is 3.73. The van der Waals surface area contributed by atoms with Crippen LogP contribution in [-0.2, 0) is 0 Å². The molecular weight excluding hydrogens is 241 g/mol. The van der Waals surface area contributed by atoms with Gasteiger partial charge < -0.3 is 10.2 Å². The zero-order chi connectivity index (χ0) is 13.8. The van der Waals surface area contributed by atoms with Crippen LogP contribution in [0.4, 0.5) is 10.1 Å². The van der Waals surface area contributed by atoms with Crippen molar-refractivity contribution in [3.05, 3.63) is 29.6 Å². The van der Waals surface area contributed by atoms with Crippen molar-refractivity contribution in [2.24, 2.45) is 5.92 Å². The third kappa shape index (κ3) is 3.45. The van der Waals surface area contributed by atoms with Gasteiger partial charge in [0.25, 0.3) is 0 Å². The minimum atomic E-state index is -0.367. The molecular formula is C15H20FN3. The number of likely N-dealkylation sites (tertiary alicyclic amines) is 1. The lowest BCUT2D eigenvalue weighted by atomic mass is 10.1. The van der Waals surface area contributed by atoms with Gasteiger partial charge in [0.2, 0.25) is 0 Å². The molecule has 102 valence electrons. The van der Waals surface area contributed by atoms with Crippen molar-refractivity contribution in [2.45, 2.75) is 26.3 Å². The van der Waals surface area contributed by atoms with E-state index in [-0.39, 0.29) is 5.82 Å². The highest BCUT2D eigenvalue weighted by Gasteiger charge is 2.23. The Hall–Kier alpha value is -1.60. The second-order valence-electron chi connectivity index (χ2n) is 5.43. The summed E-state index contributed by atoms with van der Waals surface area (Å²) in [7, 11) is 0. The van der Waals surface area contributed by atoms with E-state index in [4.69, 9.17) is 5.26 Å². The first-order chi connectivity index (χ1) is 9.10. The second kappa shape index (κ2) is 6.03. The predicted octanol–water partition coefficient (Wildman–Crippen LogP) is 2.84. The lowest BCUT2D eigenvalue weighted by Gasteiger charge is -2.20. The molecule has 0 radical (unpaired) electrons. The summed E-state index contributed by atoms with van der Waals surface area (Å²) < 4.78 is 13.0. The minimum absolute atomic E-state index is 0.367. The van der Waals surface area contributed by atoms with E-state index in [0.29, 0.717) is 17.5 Å². The molecule has 0 saturated carbocycles. The summed E-state index contributed by atoms with van der Waals surface area (Å²) >= 11 is 0. The van der Waals surface area contributed by atoms with Crippen LogP contribution < -0.4 is 5.32 Å². The van der Waals surface area contributed by atoms with Crippen LogP contribution in [0.5, 0.6) is 0 Å². The lowest BCUT2D eigenvalue weighted by molar-refractivity contribution is 0.266. The molecule has 4 heteroatoms. The van der Waals surface area contributed by atoms with E-state index < -0.39 is 0 Å². The average Bonchev–Trinajstić information content (AvgIpc) is 2.86. The number of halogens is 1. The highest BCUT2D eigenvalue weighted by atomic mass is 19.1. The molecule has 0 amide bonds. The fourth-order valence-electron chi connectivity index (χ4n) is 2.52. The molecule has 0 spiro atoms. The molecule has 1 heterocycles. The first kappa shape index (κ1) is 13.8. The topological polar surface area (TPSA) is 39.1 Å². The summed E-state index contributed by atoms with van der Waals surface area (Å²) in [5.41, 5.74) is 1.10. The highest BCUT2D eigenvalue weighted by Crippen LogP contribution is 2.21. The molecule has 0 aromatic heterocycles. The number of anilines is 1. The summed E-state index contributed by atoms with van der Waals surface area (Å²) in [6.07, 6.45) is 1.17. The number of hydrogen-bond acceptors (Lipinski definition) is 3. The van der Waals surface area contributed by atoms with Gasteiger partial charge in [-0.1, -0.05) is 0 Å². The molecule has 3 nitrogen and oxygen atoms in total. The fraction of sp³-hybridized carbons (Fsp3) is 0.533. The van der Waals surface area contributed by atoms with E-state index in [2.05, 4.69) is 24.1 Å². The number of rotatable bonds is 4. The number of benzene rings is 1. The SMILES string of the molecule is CC(C)N1CCC(CNc2ccc(F)cc2C#N)C1. The Balaban J connectivity index is 1.92. The Bertz CT molecular complexity index is 479. The molecule has 1 aliphatic rings. The Kier molecular flexibility index (Phi) is 4.39. The maximum Gasteiger partial charge on any atom is 0.124 e. The molecule has 1 aliphatic heterocycles. The molecule has 0 aliphatic carbocycles. The average molecular weight is 261 g/mol. The van der Waals surface area contributed by atoms with Crippen molar-refractivity contribution >= 4 is 5.69 Å². The molecule has 1 aromatic carbocycles. The van der Waals surface area contributed by atoms with E-state index in [1.54, 1.807) is 6.07 Å². The summed E-state index contributed by atoms with van der Waals surface area (Å²) in [6, 6.07) is 6.92. The van der Waals surface area contributed by atoms with Crippen molar-refractivity contribution in [3.63, 3.8) is 0 Å². The molecule has 1 atom stereocenters. The standard InChI is InChI=1S/C15H20FN3/c1-11(2)19-6-5-12(10-19)9-18-15-4-3-14(16)7-13(15)8-17/h3-4,7,11-12,18H,5-6,9-10H2,1-2H3. The van der Waals surface area contributed by atoms with Crippen molar-refractivity contribution in [1.82, 2.24) is 4.90 Å². The van der Waals surface area contributed by atoms with E-state index in [9.17, 15) is 4.39 Å². The van der Waals surface area contributed by atoms with Crippen LogP contribution >= 0.6 is 0 Å². The number of nitriles is 1. The Morgan fingerprint density at radius 1 is 1.53 bits per heavy atom. The molecule has 0 bridgehead atoms. The lowest BCUT2D eigenvalue weighted by Crippen LogP contribution is -2.29. The first-order valence-electron chi connectivity index (χ1n) is 6.77. The quantitative estimate of drug-likeness (QED) is 0.906. The predicted molar refractivity (Wildman–Crippen MR) is 74.4 cm³/mol. The zero-order valence-corrected chi connectivity index (χ0v) is 11.5. The number of nitrogens with one attached hydrogen (secondary N) is 1. The van der Waals surface area contributed by atoms with Gasteiger partial charge in [-0.2, -0.15) is 5.26 Å². The Morgan fingerprint density at radius 2 is 2.32 bits per heavy atom. The van der Waals surface area contributed by atoms with Crippen LogP contribution in [0.25, 0.3) is 0 Å². The Labute approximate surface area is 114 Å². The maximum atomic E-state index is 13.0. The third-order valence-electron chi connectivity index (χ3n) is 3.73. The van der Waals surface area contributed by atoms with Gasteiger partial charge in [-0.05, 0) is 50.9 Å². The van der Waals surface area contributed by atoms with E-state index in [1.165, 1.54) is 18.6 Å². The monoisotopic (exact) mass is 261 g/mol. The van der Waals surface area contributed by atoms with Crippen LogP contribution in [0.2, 0.25) is 0 Å². The minimum Gasteiger partial charge on any atom is -0.384 e. The summed E-state index contributed by atoms with van der Waals surface area (Å²) in [4.78, 5) is 2.46. The van der Waals surface area contributed by atoms with E-state index in [0.717, 1.165) is 25.3 Å². The maximum absolute atomic E-state index is 13.0. The summed E-state index contributed by atoms with van der Waals surface area (Å²) in [6.45, 7) is 7.49. The highest BCUT2D eigenvalue weighted by molar-refractivity contribution is 5.57. The summed E-state index contributed by atoms with van der Waals surface area (Å²) in [5, 5.41) is 12.3. The molecule has 1 fully saturated rings. The van der Waals surface area contributed by atoms with Crippen molar-refractivity contribution in [1.29, 1.82) is 5.26 Å². The second-order valence-corrected chi connectivity index (χ2v) is 5.43. The van der Waals surface area contributed by atoms with Gasteiger partial charge in [-0.15, -0.1) is 0 Å². The smallest absolute Gasteiger partial charge is 0.124 e. The van der Waals surface area contributed by atoms with Gasteiger partial charge in [0.05, 0.1) is 11.3 Å². The fourth-order valence-corrected chi connectivity index (χ4v) is 2.52. The van der Waals surface area contributed by atoms with E-state index in [1.807, 2.05) is 6.07 Å². The molecule has 1 saturated heterocycles. The van der Waals surface area contributed by atoms with E-state index >= 15 is 0 Å². The van der Waals surface area contributed by atoms with Crippen LogP contribution in [0.15, 0.2) is 18.2 Å². The Morgan fingerprint density at radius 3 is 2.95 bits per heavy atom. The first-order valence-corrected chi connectivity index (χ1v) is 6.77. The molecule has 1 aromatic rings. The van der Waals surface area contributed by atoms with Gasteiger partial charge in [0.15, 0.2) is 0 Å². The summed E-state index contributed by atoms with van der Waals surface area (Å²) in [5.74, 6) is 0.230.